The predicted octanol–water partition coefficient (Wildman–Crippen LogP) is 8.58. The van der Waals surface area contributed by atoms with Crippen LogP contribution in [0.4, 0.5) is 0 Å². The Labute approximate surface area is 183 Å². The summed E-state index contributed by atoms with van der Waals surface area (Å²) in [7, 11) is 0. The van der Waals surface area contributed by atoms with Gasteiger partial charge < -0.3 is 0 Å². The maximum absolute atomic E-state index is 4.58. The molecular weight excluding hydrogens is 394 g/mol. The fourth-order valence-corrected chi connectivity index (χ4v) is 6.02. The van der Waals surface area contributed by atoms with Gasteiger partial charge in [-0.1, -0.05) is 66.7 Å². The second-order valence-corrected chi connectivity index (χ2v) is 9.09. The molecule has 0 spiro atoms. The third-order valence-electron chi connectivity index (χ3n) is 6.31. The number of fused-ring (bicyclic) bond motifs is 8. The zero-order valence-electron chi connectivity index (χ0n) is 16.7. The van der Waals surface area contributed by atoms with E-state index >= 15 is 0 Å². The van der Waals surface area contributed by atoms with Gasteiger partial charge in [-0.25, -0.2) is 0 Å². The van der Waals surface area contributed by atoms with Gasteiger partial charge in [0, 0.05) is 31.8 Å². The molecule has 7 rings (SSSR count). The Morgan fingerprint density at radius 2 is 1.19 bits per heavy atom. The molecule has 0 bridgehead atoms. The molecule has 0 radical (unpaired) electrons. The molecule has 0 aliphatic carbocycles. The van der Waals surface area contributed by atoms with Crippen molar-refractivity contribution in [1.82, 2.24) is 4.98 Å². The number of aromatic nitrogens is 1. The second-order valence-electron chi connectivity index (χ2n) is 8.01. The highest BCUT2D eigenvalue weighted by Crippen LogP contribution is 2.40. The van der Waals surface area contributed by atoms with Crippen molar-refractivity contribution in [2.75, 3.05) is 0 Å². The van der Waals surface area contributed by atoms with Gasteiger partial charge in [0.2, 0.25) is 0 Å². The minimum absolute atomic E-state index is 1.04. The summed E-state index contributed by atoms with van der Waals surface area (Å²) in [5.41, 5.74) is 3.58. The normalized spacial score (nSPS) is 11.9. The smallest absolute Gasteiger partial charge is 0.0708 e. The van der Waals surface area contributed by atoms with Crippen molar-refractivity contribution in [3.05, 3.63) is 103 Å². The number of rotatable bonds is 1. The van der Waals surface area contributed by atoms with Crippen LogP contribution in [0, 0.1) is 0 Å². The molecule has 0 unspecified atom stereocenters. The van der Waals surface area contributed by atoms with E-state index in [4.69, 9.17) is 0 Å². The maximum Gasteiger partial charge on any atom is 0.0708 e. The van der Waals surface area contributed by atoms with Crippen molar-refractivity contribution in [3.8, 4) is 11.1 Å². The van der Waals surface area contributed by atoms with Gasteiger partial charge >= 0.3 is 0 Å². The largest absolute Gasteiger partial charge is 0.256 e. The van der Waals surface area contributed by atoms with Crippen LogP contribution in [-0.4, -0.2) is 4.98 Å². The highest BCUT2D eigenvalue weighted by atomic mass is 32.1. The standard InChI is InChI=1S/C29H17NS/c1-2-7-20-19(6-1)21-13-14-27-22(9-5-15-30-27)26(21)17-25(20)18-11-12-24-23-8-3-4-10-28(23)31-29(24)16-18/h1-17H. The Morgan fingerprint density at radius 1 is 0.484 bits per heavy atom. The van der Waals surface area contributed by atoms with Crippen LogP contribution in [0.1, 0.15) is 0 Å². The van der Waals surface area contributed by atoms with E-state index in [1.807, 2.05) is 23.6 Å². The predicted molar refractivity (Wildman–Crippen MR) is 135 cm³/mol. The molecule has 0 aliphatic heterocycles. The van der Waals surface area contributed by atoms with Gasteiger partial charge in [-0.05, 0) is 63.0 Å². The van der Waals surface area contributed by atoms with E-state index < -0.39 is 0 Å². The van der Waals surface area contributed by atoms with Gasteiger partial charge in [-0.3, -0.25) is 4.98 Å². The lowest BCUT2D eigenvalue weighted by atomic mass is 9.91. The van der Waals surface area contributed by atoms with Gasteiger partial charge in [0.15, 0.2) is 0 Å². The molecular formula is C29H17NS. The van der Waals surface area contributed by atoms with Gasteiger partial charge in [0.05, 0.1) is 5.52 Å². The number of nitrogens with zero attached hydrogens (tertiary/aromatic N) is 1. The van der Waals surface area contributed by atoms with Crippen LogP contribution in [0.2, 0.25) is 0 Å². The quantitative estimate of drug-likeness (QED) is 0.247. The van der Waals surface area contributed by atoms with E-state index in [2.05, 4.69) is 96.0 Å². The molecule has 0 amide bonds. The van der Waals surface area contributed by atoms with Crippen LogP contribution in [0.5, 0.6) is 0 Å². The first kappa shape index (κ1) is 17.0. The van der Waals surface area contributed by atoms with Crippen LogP contribution in [0.25, 0.3) is 63.7 Å². The number of hydrogen-bond acceptors (Lipinski definition) is 2. The first-order valence-electron chi connectivity index (χ1n) is 10.5. The minimum atomic E-state index is 1.04. The highest BCUT2D eigenvalue weighted by molar-refractivity contribution is 7.25. The van der Waals surface area contributed by atoms with Crippen LogP contribution in [0.15, 0.2) is 103 Å². The van der Waals surface area contributed by atoms with Crippen LogP contribution in [0.3, 0.4) is 0 Å². The summed E-state index contributed by atoms with van der Waals surface area (Å²) in [6.07, 6.45) is 1.87. The summed E-state index contributed by atoms with van der Waals surface area (Å²) >= 11 is 1.87. The lowest BCUT2D eigenvalue weighted by Gasteiger charge is -2.13. The lowest BCUT2D eigenvalue weighted by molar-refractivity contribution is 1.42. The maximum atomic E-state index is 4.58. The SMILES string of the molecule is c1ccc2c(c1)sc1cc(-c3cc4c5cccnc5ccc4c4ccccc34)ccc12. The van der Waals surface area contributed by atoms with E-state index in [0.717, 1.165) is 5.52 Å². The number of benzene rings is 5. The molecule has 0 saturated heterocycles. The molecule has 0 saturated carbocycles. The van der Waals surface area contributed by atoms with Gasteiger partial charge in [-0.2, -0.15) is 0 Å². The number of pyridine rings is 1. The van der Waals surface area contributed by atoms with E-state index in [1.165, 1.54) is 58.2 Å². The van der Waals surface area contributed by atoms with Crippen LogP contribution >= 0.6 is 11.3 Å². The average molecular weight is 412 g/mol. The van der Waals surface area contributed by atoms with Gasteiger partial charge in [0.25, 0.3) is 0 Å². The molecule has 0 atom stereocenters. The van der Waals surface area contributed by atoms with E-state index in [9.17, 15) is 0 Å². The number of thiophene rings is 1. The third-order valence-corrected chi connectivity index (χ3v) is 7.45. The Kier molecular flexibility index (Phi) is 3.49. The lowest BCUT2D eigenvalue weighted by Crippen LogP contribution is -1.87. The Bertz CT molecular complexity index is 1790. The average Bonchev–Trinajstić information content (AvgIpc) is 3.21. The summed E-state index contributed by atoms with van der Waals surface area (Å²) in [6, 6.07) is 35.3. The van der Waals surface area contributed by atoms with Crippen molar-refractivity contribution in [2.24, 2.45) is 0 Å². The molecule has 0 N–H and O–H groups in total. The summed E-state index contributed by atoms with van der Waals surface area (Å²) < 4.78 is 2.68. The topological polar surface area (TPSA) is 12.9 Å². The monoisotopic (exact) mass is 411 g/mol. The summed E-state index contributed by atoms with van der Waals surface area (Å²) in [5.74, 6) is 0. The first-order chi connectivity index (χ1) is 15.4. The zero-order chi connectivity index (χ0) is 20.4. The highest BCUT2D eigenvalue weighted by Gasteiger charge is 2.12. The fourth-order valence-electron chi connectivity index (χ4n) is 4.87. The molecule has 7 aromatic rings. The Balaban J connectivity index is 1.60. The van der Waals surface area contributed by atoms with Crippen LogP contribution < -0.4 is 0 Å². The molecule has 2 aromatic heterocycles. The molecule has 0 aliphatic rings. The molecule has 2 heteroatoms. The van der Waals surface area contributed by atoms with E-state index in [-0.39, 0.29) is 0 Å². The van der Waals surface area contributed by atoms with Gasteiger partial charge in [-0.15, -0.1) is 11.3 Å². The summed E-state index contributed by atoms with van der Waals surface area (Å²) in [4.78, 5) is 4.58. The molecule has 144 valence electrons. The molecule has 0 fully saturated rings. The third kappa shape index (κ3) is 2.46. The van der Waals surface area contributed by atoms with Gasteiger partial charge in [0.1, 0.15) is 0 Å². The summed E-state index contributed by atoms with van der Waals surface area (Å²) in [6.45, 7) is 0. The van der Waals surface area contributed by atoms with E-state index in [0.29, 0.717) is 0 Å². The molecule has 5 aromatic carbocycles. The fraction of sp³-hybridized carbons (Fsp3) is 0. The zero-order valence-corrected chi connectivity index (χ0v) is 17.5. The van der Waals surface area contributed by atoms with Crippen molar-refractivity contribution >= 4 is 64.0 Å². The van der Waals surface area contributed by atoms with Crippen molar-refractivity contribution in [1.29, 1.82) is 0 Å². The molecule has 2 heterocycles. The summed E-state index contributed by atoms with van der Waals surface area (Å²) in [5, 5.41) is 9.00. The van der Waals surface area contributed by atoms with Crippen molar-refractivity contribution in [3.63, 3.8) is 0 Å². The van der Waals surface area contributed by atoms with Crippen molar-refractivity contribution < 1.29 is 0 Å². The Hall–Kier alpha value is -3.75. The second kappa shape index (κ2) is 6.37. The first-order valence-corrected chi connectivity index (χ1v) is 11.3. The molecule has 31 heavy (non-hydrogen) atoms. The Morgan fingerprint density at radius 3 is 2.13 bits per heavy atom. The molecule has 1 nitrogen and oxygen atoms in total. The number of hydrogen-bond donors (Lipinski definition) is 0. The van der Waals surface area contributed by atoms with E-state index in [1.54, 1.807) is 0 Å². The van der Waals surface area contributed by atoms with Crippen LogP contribution in [-0.2, 0) is 0 Å². The van der Waals surface area contributed by atoms with Crippen molar-refractivity contribution in [2.45, 2.75) is 0 Å². The minimum Gasteiger partial charge on any atom is -0.256 e.